The van der Waals surface area contributed by atoms with Crippen LogP contribution in [0.3, 0.4) is 0 Å². The second-order valence-corrected chi connectivity index (χ2v) is 2.29. The molecule has 0 radical (unpaired) electrons. The van der Waals surface area contributed by atoms with Crippen molar-refractivity contribution in [2.75, 3.05) is 11.9 Å². The molecular weight excluding hydrogens is 170 g/mol. The van der Waals surface area contributed by atoms with E-state index in [2.05, 4.69) is 26.9 Å². The fourth-order valence-corrected chi connectivity index (χ4v) is 0.696. The Bertz CT molecular complexity index is 337. The number of aryl methyl sites for hydroxylation is 1. The quantitative estimate of drug-likeness (QED) is 0.605. The van der Waals surface area contributed by atoms with E-state index in [0.717, 1.165) is 0 Å². The van der Waals surface area contributed by atoms with Gasteiger partial charge in [-0.2, -0.15) is 0 Å². The summed E-state index contributed by atoms with van der Waals surface area (Å²) in [6.07, 6.45) is 6.53. The van der Waals surface area contributed by atoms with Gasteiger partial charge >= 0.3 is 6.03 Å². The van der Waals surface area contributed by atoms with Crippen LogP contribution in [-0.2, 0) is 7.05 Å². The Kier molecular flexibility index (Phi) is 2.87. The van der Waals surface area contributed by atoms with E-state index in [0.29, 0.717) is 5.82 Å². The summed E-state index contributed by atoms with van der Waals surface area (Å²) in [7, 11) is 1.71. The van der Waals surface area contributed by atoms with Crippen molar-refractivity contribution in [3.05, 3.63) is 6.20 Å². The summed E-state index contributed by atoms with van der Waals surface area (Å²) in [5.74, 6) is 2.66. The third kappa shape index (κ3) is 2.83. The molecule has 0 unspecified atom stereocenters. The van der Waals surface area contributed by atoms with Crippen molar-refractivity contribution >= 4 is 11.8 Å². The number of rotatable bonds is 2. The zero-order chi connectivity index (χ0) is 9.68. The minimum atomic E-state index is -0.390. The number of anilines is 1. The van der Waals surface area contributed by atoms with E-state index in [-0.39, 0.29) is 6.54 Å². The van der Waals surface area contributed by atoms with Gasteiger partial charge in [-0.05, 0) is 0 Å². The highest BCUT2D eigenvalue weighted by molar-refractivity contribution is 5.88. The summed E-state index contributed by atoms with van der Waals surface area (Å²) >= 11 is 0. The molecule has 1 aromatic heterocycles. The van der Waals surface area contributed by atoms with Gasteiger partial charge in [-0.15, -0.1) is 11.5 Å². The number of amides is 2. The van der Waals surface area contributed by atoms with Gasteiger partial charge in [0.25, 0.3) is 0 Å². The van der Waals surface area contributed by atoms with Gasteiger partial charge in [-0.1, -0.05) is 11.1 Å². The highest BCUT2D eigenvalue weighted by Crippen LogP contribution is 1.96. The molecule has 2 amide bonds. The van der Waals surface area contributed by atoms with Crippen molar-refractivity contribution in [2.24, 2.45) is 7.05 Å². The molecule has 0 aliphatic heterocycles. The van der Waals surface area contributed by atoms with Crippen molar-refractivity contribution in [1.82, 2.24) is 20.3 Å². The summed E-state index contributed by atoms with van der Waals surface area (Å²) in [6, 6.07) is -0.390. The average Bonchev–Trinajstić information content (AvgIpc) is 2.48. The summed E-state index contributed by atoms with van der Waals surface area (Å²) < 4.78 is 1.48. The van der Waals surface area contributed by atoms with E-state index < -0.39 is 6.03 Å². The van der Waals surface area contributed by atoms with Crippen LogP contribution < -0.4 is 10.6 Å². The van der Waals surface area contributed by atoms with E-state index in [1.807, 2.05) is 0 Å². The number of terminal acetylenes is 1. The molecule has 0 spiro atoms. The number of aromatic nitrogens is 3. The van der Waals surface area contributed by atoms with E-state index in [4.69, 9.17) is 6.42 Å². The molecule has 6 nitrogen and oxygen atoms in total. The molecule has 0 atom stereocenters. The fraction of sp³-hybridized carbons (Fsp3) is 0.286. The number of carbonyl (C=O) groups excluding carboxylic acids is 1. The SMILES string of the molecule is C#CCNC(=O)Nc1cn(C)nn1. The van der Waals surface area contributed by atoms with E-state index in [1.165, 1.54) is 4.68 Å². The lowest BCUT2D eigenvalue weighted by Gasteiger charge is -1.99. The number of carbonyl (C=O) groups is 1. The van der Waals surface area contributed by atoms with Crippen molar-refractivity contribution in [3.8, 4) is 12.3 Å². The first-order valence-electron chi connectivity index (χ1n) is 3.57. The van der Waals surface area contributed by atoms with Crippen LogP contribution in [-0.4, -0.2) is 27.6 Å². The van der Waals surface area contributed by atoms with Crippen LogP contribution in [0.2, 0.25) is 0 Å². The molecule has 0 aliphatic rings. The average molecular weight is 179 g/mol. The van der Waals surface area contributed by atoms with Crippen LogP contribution in [0, 0.1) is 12.3 Å². The highest BCUT2D eigenvalue weighted by Gasteiger charge is 2.02. The summed E-state index contributed by atoms with van der Waals surface area (Å²) in [5, 5.41) is 12.2. The maximum atomic E-state index is 11.0. The Hall–Kier alpha value is -2.03. The lowest BCUT2D eigenvalue weighted by Crippen LogP contribution is -2.28. The normalized spacial score (nSPS) is 8.92. The monoisotopic (exact) mass is 179 g/mol. The third-order valence-corrected chi connectivity index (χ3v) is 1.20. The van der Waals surface area contributed by atoms with Crippen molar-refractivity contribution < 1.29 is 4.79 Å². The topological polar surface area (TPSA) is 71.8 Å². The van der Waals surface area contributed by atoms with Crippen LogP contribution in [0.1, 0.15) is 0 Å². The number of hydrogen-bond donors (Lipinski definition) is 2. The first kappa shape index (κ1) is 9.06. The van der Waals surface area contributed by atoms with Crippen LogP contribution in [0.4, 0.5) is 10.6 Å². The predicted molar refractivity (Wildman–Crippen MR) is 46.9 cm³/mol. The third-order valence-electron chi connectivity index (χ3n) is 1.20. The number of nitrogens with one attached hydrogen (secondary N) is 2. The van der Waals surface area contributed by atoms with Gasteiger partial charge in [0.2, 0.25) is 0 Å². The minimum Gasteiger partial charge on any atom is -0.327 e. The molecule has 13 heavy (non-hydrogen) atoms. The summed E-state index contributed by atoms with van der Waals surface area (Å²) in [6.45, 7) is 0.187. The van der Waals surface area contributed by atoms with Crippen molar-refractivity contribution in [1.29, 1.82) is 0 Å². The van der Waals surface area contributed by atoms with Crippen molar-refractivity contribution in [3.63, 3.8) is 0 Å². The first-order chi connectivity index (χ1) is 6.22. The molecular formula is C7H9N5O. The Morgan fingerprint density at radius 2 is 2.62 bits per heavy atom. The predicted octanol–water partition coefficient (Wildman–Crippen LogP) is -0.430. The molecule has 0 aromatic carbocycles. The van der Waals surface area contributed by atoms with Gasteiger partial charge < -0.3 is 5.32 Å². The lowest BCUT2D eigenvalue weighted by atomic mass is 10.6. The smallest absolute Gasteiger partial charge is 0.321 e. The zero-order valence-corrected chi connectivity index (χ0v) is 7.11. The molecule has 1 rings (SSSR count). The standard InChI is InChI=1S/C7H9N5O/c1-3-4-8-7(13)9-6-5-12(2)11-10-6/h1,5H,4H2,2H3,(H2,8,9,13). The highest BCUT2D eigenvalue weighted by atomic mass is 16.2. The fourth-order valence-electron chi connectivity index (χ4n) is 0.696. The first-order valence-corrected chi connectivity index (χ1v) is 3.57. The number of nitrogens with zero attached hydrogens (tertiary/aromatic N) is 3. The van der Waals surface area contributed by atoms with Crippen LogP contribution in [0.25, 0.3) is 0 Å². The Balaban J connectivity index is 2.41. The van der Waals surface area contributed by atoms with E-state index in [1.54, 1.807) is 13.2 Å². The largest absolute Gasteiger partial charge is 0.327 e. The lowest BCUT2D eigenvalue weighted by molar-refractivity contribution is 0.253. The summed E-state index contributed by atoms with van der Waals surface area (Å²) in [4.78, 5) is 11.0. The van der Waals surface area contributed by atoms with E-state index in [9.17, 15) is 4.79 Å². The number of urea groups is 1. The molecule has 1 heterocycles. The minimum absolute atomic E-state index is 0.187. The van der Waals surface area contributed by atoms with Gasteiger partial charge in [0.05, 0.1) is 12.7 Å². The Labute approximate surface area is 75.3 Å². The zero-order valence-electron chi connectivity index (χ0n) is 7.11. The van der Waals surface area contributed by atoms with Gasteiger partial charge in [0.15, 0.2) is 5.82 Å². The van der Waals surface area contributed by atoms with Gasteiger partial charge in [0.1, 0.15) is 0 Å². The molecule has 0 bridgehead atoms. The van der Waals surface area contributed by atoms with Gasteiger partial charge in [-0.25, -0.2) is 4.79 Å². The maximum absolute atomic E-state index is 11.0. The Morgan fingerprint density at radius 1 is 1.85 bits per heavy atom. The van der Waals surface area contributed by atoms with Crippen LogP contribution >= 0.6 is 0 Å². The van der Waals surface area contributed by atoms with Gasteiger partial charge in [-0.3, -0.25) is 10.00 Å². The molecule has 0 saturated carbocycles. The molecule has 0 aliphatic carbocycles. The maximum Gasteiger partial charge on any atom is 0.321 e. The molecule has 0 saturated heterocycles. The van der Waals surface area contributed by atoms with Crippen LogP contribution in [0.5, 0.6) is 0 Å². The molecule has 68 valence electrons. The molecule has 1 aromatic rings. The van der Waals surface area contributed by atoms with Gasteiger partial charge in [0, 0.05) is 7.05 Å². The van der Waals surface area contributed by atoms with E-state index >= 15 is 0 Å². The second-order valence-electron chi connectivity index (χ2n) is 2.29. The summed E-state index contributed by atoms with van der Waals surface area (Å²) in [5.41, 5.74) is 0. The van der Waals surface area contributed by atoms with Crippen molar-refractivity contribution in [2.45, 2.75) is 0 Å². The molecule has 6 heteroatoms. The Morgan fingerprint density at radius 3 is 3.15 bits per heavy atom. The molecule has 0 fully saturated rings. The molecule has 2 N–H and O–H groups in total. The number of hydrogen-bond acceptors (Lipinski definition) is 3. The second kappa shape index (κ2) is 4.11. The van der Waals surface area contributed by atoms with Crippen LogP contribution in [0.15, 0.2) is 6.20 Å².